The van der Waals surface area contributed by atoms with Crippen LogP contribution in [0.5, 0.6) is 0 Å². The van der Waals surface area contributed by atoms with E-state index in [9.17, 15) is 0 Å². The molecule has 3 heteroatoms. The fraction of sp³-hybridized carbons (Fsp3) is 1.00. The summed E-state index contributed by atoms with van der Waals surface area (Å²) in [7, 11) is 2.25. The van der Waals surface area contributed by atoms with Crippen molar-refractivity contribution in [3.8, 4) is 0 Å². The van der Waals surface area contributed by atoms with Gasteiger partial charge in [0.1, 0.15) is 0 Å². The number of nitrogens with one attached hydrogen (secondary N) is 1. The maximum atomic E-state index is 5.70. The summed E-state index contributed by atoms with van der Waals surface area (Å²) < 4.78 is 5.70. The average molecular weight is 299 g/mol. The van der Waals surface area contributed by atoms with E-state index in [0.29, 0.717) is 11.5 Å². The number of ether oxygens (including phenoxy) is 1. The van der Waals surface area contributed by atoms with E-state index in [1.807, 2.05) is 0 Å². The van der Waals surface area contributed by atoms with Gasteiger partial charge in [0.15, 0.2) is 0 Å². The first-order valence-corrected chi connectivity index (χ1v) is 8.98. The van der Waals surface area contributed by atoms with Crippen LogP contribution in [0.15, 0.2) is 0 Å². The Kier molecular flexibility index (Phi) is 8.84. The molecule has 3 nitrogen and oxygen atoms in total. The highest BCUT2D eigenvalue weighted by Gasteiger charge is 2.35. The SMILES string of the molecule is CCCNCC1(CN(C)CCOC(C)C)CCCC(C)C1. The Morgan fingerprint density at radius 2 is 2.14 bits per heavy atom. The molecule has 0 heterocycles. The van der Waals surface area contributed by atoms with Gasteiger partial charge in [-0.05, 0) is 58.0 Å². The molecule has 0 bridgehead atoms. The van der Waals surface area contributed by atoms with Crippen molar-refractivity contribution in [2.45, 2.75) is 65.9 Å². The molecule has 1 saturated carbocycles. The molecule has 0 aromatic heterocycles. The third-order valence-corrected chi connectivity index (χ3v) is 4.64. The van der Waals surface area contributed by atoms with E-state index in [4.69, 9.17) is 4.74 Å². The summed E-state index contributed by atoms with van der Waals surface area (Å²) in [4.78, 5) is 2.48. The molecule has 0 spiro atoms. The molecule has 1 aliphatic carbocycles. The van der Waals surface area contributed by atoms with Crippen molar-refractivity contribution in [1.82, 2.24) is 10.2 Å². The van der Waals surface area contributed by atoms with Crippen LogP contribution in [0.1, 0.15) is 59.8 Å². The summed E-state index contributed by atoms with van der Waals surface area (Å²) in [5.74, 6) is 0.877. The first-order chi connectivity index (χ1) is 9.97. The van der Waals surface area contributed by atoms with Gasteiger partial charge in [-0.3, -0.25) is 0 Å². The lowest BCUT2D eigenvalue weighted by Crippen LogP contribution is -2.46. The minimum absolute atomic E-state index is 0.341. The Bertz CT molecular complexity index is 270. The van der Waals surface area contributed by atoms with Crippen molar-refractivity contribution in [1.29, 1.82) is 0 Å². The van der Waals surface area contributed by atoms with Gasteiger partial charge in [-0.15, -0.1) is 0 Å². The standard InChI is InChI=1S/C18H38N2O/c1-6-10-19-14-18(9-7-8-17(4)13-18)15-20(5)11-12-21-16(2)3/h16-17,19H,6-15H2,1-5H3. The zero-order valence-corrected chi connectivity index (χ0v) is 15.1. The quantitative estimate of drug-likeness (QED) is 0.624. The first-order valence-electron chi connectivity index (χ1n) is 8.98. The Labute approximate surface area is 132 Å². The van der Waals surface area contributed by atoms with Crippen LogP contribution in [0.3, 0.4) is 0 Å². The predicted molar refractivity (Wildman–Crippen MR) is 91.8 cm³/mol. The smallest absolute Gasteiger partial charge is 0.0596 e. The van der Waals surface area contributed by atoms with Crippen LogP contribution >= 0.6 is 0 Å². The van der Waals surface area contributed by atoms with E-state index in [1.165, 1.54) is 45.2 Å². The van der Waals surface area contributed by atoms with Crippen molar-refractivity contribution < 1.29 is 4.74 Å². The zero-order chi connectivity index (χ0) is 15.7. The molecular weight excluding hydrogens is 260 g/mol. The molecule has 0 radical (unpaired) electrons. The van der Waals surface area contributed by atoms with Gasteiger partial charge in [-0.25, -0.2) is 0 Å². The topological polar surface area (TPSA) is 24.5 Å². The third kappa shape index (κ3) is 7.62. The molecule has 0 aromatic rings. The van der Waals surface area contributed by atoms with Crippen molar-refractivity contribution in [3.05, 3.63) is 0 Å². The highest BCUT2D eigenvalue weighted by Crippen LogP contribution is 2.39. The van der Waals surface area contributed by atoms with E-state index >= 15 is 0 Å². The number of likely N-dealkylation sites (N-methyl/N-ethyl adjacent to an activating group) is 1. The fourth-order valence-corrected chi connectivity index (χ4v) is 3.76. The zero-order valence-electron chi connectivity index (χ0n) is 15.1. The van der Waals surface area contributed by atoms with E-state index in [2.05, 4.69) is 45.0 Å². The van der Waals surface area contributed by atoms with Crippen LogP contribution in [0.2, 0.25) is 0 Å². The van der Waals surface area contributed by atoms with Gasteiger partial charge in [-0.2, -0.15) is 0 Å². The largest absolute Gasteiger partial charge is 0.377 e. The molecule has 21 heavy (non-hydrogen) atoms. The van der Waals surface area contributed by atoms with Crippen molar-refractivity contribution in [3.63, 3.8) is 0 Å². The maximum absolute atomic E-state index is 5.70. The molecule has 2 unspecified atom stereocenters. The lowest BCUT2D eigenvalue weighted by molar-refractivity contribution is 0.0424. The molecule has 0 aliphatic heterocycles. The lowest BCUT2D eigenvalue weighted by atomic mass is 9.69. The first kappa shape index (κ1) is 18.9. The van der Waals surface area contributed by atoms with Crippen molar-refractivity contribution in [2.75, 3.05) is 39.8 Å². The van der Waals surface area contributed by atoms with Crippen LogP contribution in [-0.4, -0.2) is 50.8 Å². The molecule has 0 saturated heterocycles. The predicted octanol–water partition coefficient (Wildman–Crippen LogP) is 3.54. The normalized spacial score (nSPS) is 26.7. The van der Waals surface area contributed by atoms with Crippen LogP contribution in [0, 0.1) is 11.3 Å². The van der Waals surface area contributed by atoms with E-state index in [-0.39, 0.29) is 0 Å². The van der Waals surface area contributed by atoms with Crippen LogP contribution < -0.4 is 5.32 Å². The second-order valence-corrected chi connectivity index (χ2v) is 7.54. The molecule has 0 amide bonds. The number of rotatable bonds is 10. The highest BCUT2D eigenvalue weighted by atomic mass is 16.5. The van der Waals surface area contributed by atoms with Gasteiger partial charge >= 0.3 is 0 Å². The number of hydrogen-bond donors (Lipinski definition) is 1. The van der Waals surface area contributed by atoms with Crippen LogP contribution in [0.25, 0.3) is 0 Å². The summed E-state index contributed by atoms with van der Waals surface area (Å²) in [5, 5.41) is 3.69. The van der Waals surface area contributed by atoms with Gasteiger partial charge in [-0.1, -0.05) is 26.7 Å². The summed E-state index contributed by atoms with van der Waals surface area (Å²) >= 11 is 0. The van der Waals surface area contributed by atoms with Crippen LogP contribution in [0.4, 0.5) is 0 Å². The fourth-order valence-electron chi connectivity index (χ4n) is 3.76. The molecule has 1 aliphatic rings. The van der Waals surface area contributed by atoms with Crippen molar-refractivity contribution in [2.24, 2.45) is 11.3 Å². The van der Waals surface area contributed by atoms with Gasteiger partial charge < -0.3 is 15.0 Å². The van der Waals surface area contributed by atoms with E-state index in [0.717, 1.165) is 25.6 Å². The van der Waals surface area contributed by atoms with Gasteiger partial charge in [0.05, 0.1) is 12.7 Å². The Hall–Kier alpha value is -0.120. The maximum Gasteiger partial charge on any atom is 0.0596 e. The monoisotopic (exact) mass is 298 g/mol. The summed E-state index contributed by atoms with van der Waals surface area (Å²) in [6, 6.07) is 0. The molecule has 0 aromatic carbocycles. The average Bonchev–Trinajstić information content (AvgIpc) is 2.38. The second kappa shape index (κ2) is 9.81. The molecule has 2 atom stereocenters. The van der Waals surface area contributed by atoms with Crippen LogP contribution in [-0.2, 0) is 4.74 Å². The van der Waals surface area contributed by atoms with Gasteiger partial charge in [0, 0.05) is 19.6 Å². The van der Waals surface area contributed by atoms with Gasteiger partial charge in [0.25, 0.3) is 0 Å². The Balaban J connectivity index is 2.47. The minimum Gasteiger partial charge on any atom is -0.377 e. The number of hydrogen-bond acceptors (Lipinski definition) is 3. The molecule has 1 N–H and O–H groups in total. The van der Waals surface area contributed by atoms with E-state index in [1.54, 1.807) is 0 Å². The Morgan fingerprint density at radius 1 is 1.38 bits per heavy atom. The molecule has 1 fully saturated rings. The minimum atomic E-state index is 0.341. The highest BCUT2D eigenvalue weighted by molar-refractivity contribution is 4.89. The Morgan fingerprint density at radius 3 is 2.76 bits per heavy atom. The number of nitrogens with zero attached hydrogens (tertiary/aromatic N) is 1. The third-order valence-electron chi connectivity index (χ3n) is 4.64. The molecular formula is C18H38N2O. The molecule has 1 rings (SSSR count). The summed E-state index contributed by atoms with van der Waals surface area (Å²) in [6.07, 6.45) is 7.13. The lowest BCUT2D eigenvalue weighted by Gasteiger charge is -2.43. The summed E-state index contributed by atoms with van der Waals surface area (Å²) in [6.45, 7) is 14.3. The van der Waals surface area contributed by atoms with Gasteiger partial charge in [0.2, 0.25) is 0 Å². The second-order valence-electron chi connectivity index (χ2n) is 7.54. The molecule has 126 valence electrons. The van der Waals surface area contributed by atoms with E-state index < -0.39 is 0 Å². The summed E-state index contributed by atoms with van der Waals surface area (Å²) in [5.41, 5.74) is 0.472. The van der Waals surface area contributed by atoms with Crippen molar-refractivity contribution >= 4 is 0 Å².